The molecule has 0 saturated heterocycles. The maximum atomic E-state index is 11.7. The summed E-state index contributed by atoms with van der Waals surface area (Å²) in [6, 6.07) is -0.429. The number of hydroxylamine groups is 2. The van der Waals surface area contributed by atoms with Gasteiger partial charge in [-0.25, -0.2) is 4.57 Å². The molecule has 0 spiro atoms. The Labute approximate surface area is 135 Å². The van der Waals surface area contributed by atoms with Gasteiger partial charge in [0, 0.05) is 0 Å². The molecule has 0 fully saturated rings. The molecule has 21 heavy (non-hydrogen) atoms. The van der Waals surface area contributed by atoms with Crippen molar-refractivity contribution in [2.75, 3.05) is 24.0 Å². The Morgan fingerprint density at radius 1 is 1.10 bits per heavy atom. The summed E-state index contributed by atoms with van der Waals surface area (Å²) in [5, 5.41) is 0. The normalized spacial score (nSPS) is 14.6. The smallest absolute Gasteiger partial charge is 0.300 e. The largest absolute Gasteiger partial charge is 0.505 e. The molecule has 0 heterocycles. The van der Waals surface area contributed by atoms with Crippen LogP contribution in [-0.4, -0.2) is 41.0 Å². The van der Waals surface area contributed by atoms with Crippen LogP contribution >= 0.6 is 31.3 Å². The Bertz CT molecular complexity index is 319. The van der Waals surface area contributed by atoms with E-state index in [9.17, 15) is 9.46 Å². The topological polar surface area (TPSA) is 79.8 Å². The van der Waals surface area contributed by atoms with Gasteiger partial charge in [-0.3, -0.25) is 0 Å². The summed E-state index contributed by atoms with van der Waals surface area (Å²) in [5.74, 6) is 1.77. The van der Waals surface area contributed by atoms with Gasteiger partial charge < -0.3 is 4.89 Å². The van der Waals surface area contributed by atoms with Gasteiger partial charge in [0.05, 0.1) is 12.1 Å². The van der Waals surface area contributed by atoms with E-state index < -0.39 is 7.82 Å². The van der Waals surface area contributed by atoms with Gasteiger partial charge in [-0.2, -0.15) is 43.7 Å². The predicted octanol–water partition coefficient (Wildman–Crippen LogP) is 2.74. The summed E-state index contributed by atoms with van der Waals surface area (Å²) in [7, 11) is -4.22. The van der Waals surface area contributed by atoms with Crippen LogP contribution in [0.4, 0.5) is 0 Å². The molecule has 0 amide bonds. The molecule has 6 nitrogen and oxygen atoms in total. The Hall–Kier alpha value is 0.210. The minimum atomic E-state index is -4.22. The van der Waals surface area contributed by atoms with Gasteiger partial charge in [-0.05, 0) is 36.9 Å². The Kier molecular flexibility index (Phi) is 12.9. The van der Waals surface area contributed by atoms with Crippen molar-refractivity contribution < 1.29 is 18.7 Å². The molecule has 9 heteroatoms. The van der Waals surface area contributed by atoms with E-state index in [1.54, 1.807) is 35.7 Å². The molecule has 0 radical (unpaired) electrons. The lowest BCUT2D eigenvalue weighted by Crippen LogP contribution is -2.31. The number of thioether (sulfide) groups is 2. The molecular formula is C12H25N2O4PS2. The summed E-state index contributed by atoms with van der Waals surface area (Å²) in [6.45, 7) is 7.28. The zero-order valence-electron chi connectivity index (χ0n) is 12.5. The summed E-state index contributed by atoms with van der Waals surface area (Å²) >= 11 is 3.34. The highest BCUT2D eigenvalue weighted by Gasteiger charge is 2.24. The van der Waals surface area contributed by atoms with Crippen molar-refractivity contribution in [2.24, 2.45) is 0 Å². The number of nitrogens with one attached hydrogen (secondary N) is 2. The van der Waals surface area contributed by atoms with E-state index in [1.807, 2.05) is 12.5 Å². The SMILES string of the molecule is C=C[C@H](CCSC)NOP(=O)(O)ON[C@H](C=C)CCSC. The molecular weight excluding hydrogens is 331 g/mol. The van der Waals surface area contributed by atoms with Gasteiger partial charge in [-0.15, -0.1) is 13.2 Å². The molecule has 124 valence electrons. The summed E-state index contributed by atoms with van der Waals surface area (Å²) < 4.78 is 21.2. The van der Waals surface area contributed by atoms with E-state index in [0.717, 1.165) is 24.3 Å². The maximum absolute atomic E-state index is 11.7. The third-order valence-corrected chi connectivity index (χ3v) is 4.43. The lowest BCUT2D eigenvalue weighted by molar-refractivity contribution is 0.0465. The Balaban J connectivity index is 4.13. The van der Waals surface area contributed by atoms with Crippen molar-refractivity contribution in [3.8, 4) is 0 Å². The number of hydrogen-bond donors (Lipinski definition) is 3. The molecule has 0 aromatic rings. The maximum Gasteiger partial charge on any atom is 0.505 e. The standard InChI is InChI=1S/C12H25N2O4PS2/c1-5-11(7-9-20-3)13-17-19(15,16)18-14-12(6-2)8-10-21-4/h5-6,11-14H,1-2,7-10H2,3-4H3,(H,15,16)/t11-,12-/m1/s1. The van der Waals surface area contributed by atoms with Crippen LogP contribution in [0.3, 0.4) is 0 Å². The molecule has 0 aliphatic heterocycles. The van der Waals surface area contributed by atoms with Crippen LogP contribution < -0.4 is 11.0 Å². The highest BCUT2D eigenvalue weighted by atomic mass is 32.2. The first-order chi connectivity index (χ1) is 9.99. The molecule has 0 saturated carbocycles. The van der Waals surface area contributed by atoms with Crippen LogP contribution in [0.5, 0.6) is 0 Å². The quantitative estimate of drug-likeness (QED) is 0.249. The van der Waals surface area contributed by atoms with Crippen LogP contribution in [0.15, 0.2) is 25.3 Å². The van der Waals surface area contributed by atoms with Gasteiger partial charge in [0.25, 0.3) is 0 Å². The second-order valence-electron chi connectivity index (χ2n) is 4.13. The fraction of sp³-hybridized carbons (Fsp3) is 0.667. The van der Waals surface area contributed by atoms with E-state index in [-0.39, 0.29) is 12.1 Å². The number of hydrogen-bond acceptors (Lipinski definition) is 7. The third kappa shape index (κ3) is 11.4. The Morgan fingerprint density at radius 3 is 1.76 bits per heavy atom. The predicted molar refractivity (Wildman–Crippen MR) is 92.2 cm³/mol. The highest BCUT2D eigenvalue weighted by Crippen LogP contribution is 2.41. The zero-order valence-corrected chi connectivity index (χ0v) is 15.0. The third-order valence-electron chi connectivity index (χ3n) is 2.47. The lowest BCUT2D eigenvalue weighted by atomic mass is 10.2. The highest BCUT2D eigenvalue weighted by molar-refractivity contribution is 7.98. The average Bonchev–Trinajstić information content (AvgIpc) is 2.47. The Morgan fingerprint density at radius 2 is 1.48 bits per heavy atom. The van der Waals surface area contributed by atoms with Crippen molar-refractivity contribution in [1.29, 1.82) is 0 Å². The van der Waals surface area contributed by atoms with Gasteiger partial charge in [-0.1, -0.05) is 12.2 Å². The summed E-state index contributed by atoms with van der Waals surface area (Å²) in [6.07, 6.45) is 8.68. The first-order valence-electron chi connectivity index (χ1n) is 6.43. The van der Waals surface area contributed by atoms with Crippen LogP contribution in [0.25, 0.3) is 0 Å². The van der Waals surface area contributed by atoms with E-state index in [1.165, 1.54) is 0 Å². The summed E-state index contributed by atoms with van der Waals surface area (Å²) in [4.78, 5) is 9.56. The summed E-state index contributed by atoms with van der Waals surface area (Å²) in [5.41, 5.74) is 4.98. The van der Waals surface area contributed by atoms with Crippen LogP contribution in [0.2, 0.25) is 0 Å². The van der Waals surface area contributed by atoms with E-state index >= 15 is 0 Å². The van der Waals surface area contributed by atoms with Crippen LogP contribution in [-0.2, 0) is 13.8 Å². The molecule has 0 aliphatic rings. The molecule has 2 atom stereocenters. The molecule has 0 unspecified atom stereocenters. The second kappa shape index (κ2) is 12.7. The van der Waals surface area contributed by atoms with Gasteiger partial charge in [0.1, 0.15) is 0 Å². The van der Waals surface area contributed by atoms with E-state index in [0.29, 0.717) is 0 Å². The van der Waals surface area contributed by atoms with Gasteiger partial charge in [0.15, 0.2) is 0 Å². The van der Waals surface area contributed by atoms with Crippen molar-refractivity contribution in [3.63, 3.8) is 0 Å². The first-order valence-corrected chi connectivity index (χ1v) is 10.7. The van der Waals surface area contributed by atoms with Gasteiger partial charge in [0.2, 0.25) is 0 Å². The van der Waals surface area contributed by atoms with E-state index in [4.69, 9.17) is 9.25 Å². The van der Waals surface area contributed by atoms with Crippen molar-refractivity contribution in [2.45, 2.75) is 24.9 Å². The van der Waals surface area contributed by atoms with E-state index in [2.05, 4.69) is 24.1 Å². The minimum absolute atomic E-state index is 0.215. The number of phosphoric acid groups is 1. The molecule has 0 rings (SSSR count). The van der Waals surface area contributed by atoms with Crippen molar-refractivity contribution in [3.05, 3.63) is 25.3 Å². The van der Waals surface area contributed by atoms with Crippen LogP contribution in [0.1, 0.15) is 12.8 Å². The number of rotatable bonds is 14. The lowest BCUT2D eigenvalue weighted by Gasteiger charge is -2.19. The van der Waals surface area contributed by atoms with Gasteiger partial charge >= 0.3 is 7.82 Å². The first kappa shape index (κ1) is 21.2. The minimum Gasteiger partial charge on any atom is -0.300 e. The van der Waals surface area contributed by atoms with Crippen molar-refractivity contribution in [1.82, 2.24) is 11.0 Å². The molecule has 0 aromatic carbocycles. The second-order valence-corrected chi connectivity index (χ2v) is 7.41. The zero-order chi connectivity index (χ0) is 16.1. The molecule has 0 aliphatic carbocycles. The molecule has 0 bridgehead atoms. The fourth-order valence-electron chi connectivity index (χ4n) is 1.23. The van der Waals surface area contributed by atoms with Crippen LogP contribution in [0, 0.1) is 0 Å². The van der Waals surface area contributed by atoms with Crippen molar-refractivity contribution >= 4 is 31.3 Å². The fourth-order valence-corrected chi connectivity index (χ4v) is 2.78. The average molecular weight is 356 g/mol. The molecule has 3 N–H and O–H groups in total. The molecule has 0 aromatic heterocycles. The monoisotopic (exact) mass is 356 g/mol.